The van der Waals surface area contributed by atoms with Crippen molar-refractivity contribution in [2.45, 2.75) is 12.5 Å². The Hall–Kier alpha value is -2.74. The van der Waals surface area contributed by atoms with Crippen molar-refractivity contribution in [3.05, 3.63) is 58.3 Å². The molecule has 4 amide bonds. The van der Waals surface area contributed by atoms with Gasteiger partial charge in [0.15, 0.2) is 0 Å². The molecule has 1 aliphatic rings. The summed E-state index contributed by atoms with van der Waals surface area (Å²) in [6.45, 7) is 1.60. The van der Waals surface area contributed by atoms with Crippen molar-refractivity contribution in [3.63, 3.8) is 0 Å². The normalized spacial score (nSPS) is 19.6. The SMILES string of the molecule is C[C@@]1(c2cccc(NC(=O)c3cncc(Br)c3)c2)NC(=O)NC1=O. The maximum Gasteiger partial charge on any atom is 0.322 e. The monoisotopic (exact) mass is 388 g/mol. The molecule has 0 unspecified atom stereocenters. The summed E-state index contributed by atoms with van der Waals surface area (Å²) >= 11 is 3.26. The molecular weight excluding hydrogens is 376 g/mol. The summed E-state index contributed by atoms with van der Waals surface area (Å²) < 4.78 is 0.696. The number of hydrogen-bond donors (Lipinski definition) is 3. The highest BCUT2D eigenvalue weighted by Crippen LogP contribution is 2.26. The number of rotatable bonds is 3. The Morgan fingerprint density at radius 3 is 2.71 bits per heavy atom. The summed E-state index contributed by atoms with van der Waals surface area (Å²) in [6.07, 6.45) is 3.04. The lowest BCUT2D eigenvalue weighted by molar-refractivity contribution is -0.123. The highest BCUT2D eigenvalue weighted by molar-refractivity contribution is 9.10. The van der Waals surface area contributed by atoms with Crippen molar-refractivity contribution < 1.29 is 14.4 Å². The van der Waals surface area contributed by atoms with Gasteiger partial charge >= 0.3 is 6.03 Å². The van der Waals surface area contributed by atoms with Crippen molar-refractivity contribution >= 4 is 39.5 Å². The van der Waals surface area contributed by atoms with Gasteiger partial charge in [0.1, 0.15) is 5.54 Å². The van der Waals surface area contributed by atoms with Crippen LogP contribution in [0.15, 0.2) is 47.2 Å². The number of aromatic nitrogens is 1. The van der Waals surface area contributed by atoms with Crippen molar-refractivity contribution in [2.24, 2.45) is 0 Å². The molecule has 1 saturated heterocycles. The number of hydrogen-bond acceptors (Lipinski definition) is 4. The van der Waals surface area contributed by atoms with Gasteiger partial charge in [-0.2, -0.15) is 0 Å². The Labute approximate surface area is 146 Å². The van der Waals surface area contributed by atoms with Gasteiger partial charge in [-0.15, -0.1) is 0 Å². The average Bonchev–Trinajstić information content (AvgIpc) is 2.81. The molecule has 0 spiro atoms. The number of carbonyl (C=O) groups excluding carboxylic acids is 3. The zero-order valence-electron chi connectivity index (χ0n) is 12.6. The number of benzene rings is 1. The third kappa shape index (κ3) is 3.00. The summed E-state index contributed by atoms with van der Waals surface area (Å²) in [7, 11) is 0. The van der Waals surface area contributed by atoms with Crippen LogP contribution in [-0.2, 0) is 10.3 Å². The predicted octanol–water partition coefficient (Wildman–Crippen LogP) is 2.15. The van der Waals surface area contributed by atoms with E-state index in [4.69, 9.17) is 0 Å². The summed E-state index contributed by atoms with van der Waals surface area (Å²) in [4.78, 5) is 39.6. The highest BCUT2D eigenvalue weighted by Gasteiger charge is 2.43. The molecule has 1 aromatic heterocycles. The molecule has 1 atom stereocenters. The Morgan fingerprint density at radius 1 is 1.25 bits per heavy atom. The van der Waals surface area contributed by atoms with Crippen LogP contribution >= 0.6 is 15.9 Å². The number of imide groups is 1. The molecule has 8 heteroatoms. The van der Waals surface area contributed by atoms with Crippen molar-refractivity contribution in [1.82, 2.24) is 15.6 Å². The van der Waals surface area contributed by atoms with E-state index >= 15 is 0 Å². The van der Waals surface area contributed by atoms with E-state index in [0.717, 1.165) is 0 Å². The van der Waals surface area contributed by atoms with Crippen molar-refractivity contribution in [3.8, 4) is 0 Å². The fourth-order valence-corrected chi connectivity index (χ4v) is 2.76. The third-order valence-corrected chi connectivity index (χ3v) is 4.14. The molecule has 24 heavy (non-hydrogen) atoms. The lowest BCUT2D eigenvalue weighted by Gasteiger charge is -2.21. The lowest BCUT2D eigenvalue weighted by Crippen LogP contribution is -2.40. The number of urea groups is 1. The van der Waals surface area contributed by atoms with Crippen LogP contribution < -0.4 is 16.0 Å². The van der Waals surface area contributed by atoms with Gasteiger partial charge in [0.25, 0.3) is 11.8 Å². The van der Waals surface area contributed by atoms with E-state index in [0.29, 0.717) is 21.3 Å². The number of amides is 4. The smallest absolute Gasteiger partial charge is 0.322 e. The van der Waals surface area contributed by atoms with Crippen LogP contribution in [0.4, 0.5) is 10.5 Å². The molecule has 0 saturated carbocycles. The first-order valence-electron chi connectivity index (χ1n) is 7.04. The number of pyridine rings is 1. The van der Waals surface area contributed by atoms with Gasteiger partial charge in [-0.05, 0) is 46.6 Å². The number of nitrogens with one attached hydrogen (secondary N) is 3. The minimum absolute atomic E-state index is 0.328. The Kier molecular flexibility index (Phi) is 4.06. The maximum atomic E-state index is 12.3. The molecular formula is C16H13BrN4O3. The molecule has 1 aromatic carbocycles. The first-order chi connectivity index (χ1) is 11.4. The van der Waals surface area contributed by atoms with Gasteiger partial charge in [0.05, 0.1) is 5.56 Å². The molecule has 1 fully saturated rings. The minimum Gasteiger partial charge on any atom is -0.322 e. The molecule has 1 aliphatic heterocycles. The van der Waals surface area contributed by atoms with E-state index in [-0.39, 0.29) is 5.91 Å². The van der Waals surface area contributed by atoms with Gasteiger partial charge < -0.3 is 10.6 Å². The fraction of sp³-hybridized carbons (Fsp3) is 0.125. The Balaban J connectivity index is 1.85. The second-order valence-corrected chi connectivity index (χ2v) is 6.38. The second kappa shape index (κ2) is 6.04. The number of halogens is 1. The van der Waals surface area contributed by atoms with E-state index in [1.165, 1.54) is 6.20 Å². The number of nitrogens with zero attached hydrogens (tertiary/aromatic N) is 1. The van der Waals surface area contributed by atoms with Crippen LogP contribution in [-0.4, -0.2) is 22.8 Å². The first kappa shape index (κ1) is 16.1. The second-order valence-electron chi connectivity index (χ2n) is 5.46. The molecule has 0 radical (unpaired) electrons. The first-order valence-corrected chi connectivity index (χ1v) is 7.84. The summed E-state index contributed by atoms with van der Waals surface area (Å²) in [6, 6.07) is 7.86. The standard InChI is InChI=1S/C16H13BrN4O3/c1-16(14(23)20-15(24)21-16)10-3-2-4-12(6-10)19-13(22)9-5-11(17)8-18-7-9/h2-8H,1H3,(H,19,22)(H2,20,21,23,24)/t16-/m0/s1. The van der Waals surface area contributed by atoms with Gasteiger partial charge in [0, 0.05) is 22.6 Å². The summed E-state index contributed by atoms with van der Waals surface area (Å²) in [5.41, 5.74) is 0.298. The summed E-state index contributed by atoms with van der Waals surface area (Å²) in [5, 5.41) is 7.54. The zero-order chi connectivity index (χ0) is 17.3. The average molecular weight is 389 g/mol. The van der Waals surface area contributed by atoms with Gasteiger partial charge in [0.2, 0.25) is 0 Å². The van der Waals surface area contributed by atoms with Crippen LogP contribution in [0.5, 0.6) is 0 Å². The third-order valence-electron chi connectivity index (χ3n) is 3.71. The topological polar surface area (TPSA) is 100 Å². The zero-order valence-corrected chi connectivity index (χ0v) is 14.2. The van der Waals surface area contributed by atoms with E-state index in [2.05, 4.69) is 36.9 Å². The lowest BCUT2D eigenvalue weighted by atomic mass is 9.92. The van der Waals surface area contributed by atoms with Crippen molar-refractivity contribution in [2.75, 3.05) is 5.32 Å². The number of carbonyl (C=O) groups is 3. The largest absolute Gasteiger partial charge is 0.322 e. The van der Waals surface area contributed by atoms with Crippen LogP contribution in [0.2, 0.25) is 0 Å². The van der Waals surface area contributed by atoms with Crippen LogP contribution in [0.3, 0.4) is 0 Å². The molecule has 7 nitrogen and oxygen atoms in total. The molecule has 2 aromatic rings. The molecule has 122 valence electrons. The molecule has 0 bridgehead atoms. The van der Waals surface area contributed by atoms with Gasteiger partial charge in [-0.3, -0.25) is 19.9 Å². The van der Waals surface area contributed by atoms with E-state index in [1.54, 1.807) is 43.5 Å². The Morgan fingerprint density at radius 2 is 2.04 bits per heavy atom. The number of anilines is 1. The van der Waals surface area contributed by atoms with Crippen LogP contribution in [0, 0.1) is 0 Å². The molecule has 0 aliphatic carbocycles. The quantitative estimate of drug-likeness (QED) is 0.701. The molecule has 2 heterocycles. The van der Waals surface area contributed by atoms with E-state index < -0.39 is 17.5 Å². The summed E-state index contributed by atoms with van der Waals surface area (Å²) in [5.74, 6) is -0.766. The molecule has 3 N–H and O–H groups in total. The van der Waals surface area contributed by atoms with Gasteiger partial charge in [-0.25, -0.2) is 4.79 Å². The van der Waals surface area contributed by atoms with Crippen LogP contribution in [0.1, 0.15) is 22.8 Å². The predicted molar refractivity (Wildman–Crippen MR) is 90.4 cm³/mol. The Bertz CT molecular complexity index is 855. The minimum atomic E-state index is -1.17. The van der Waals surface area contributed by atoms with Gasteiger partial charge in [-0.1, -0.05) is 12.1 Å². The van der Waals surface area contributed by atoms with E-state index in [9.17, 15) is 14.4 Å². The maximum absolute atomic E-state index is 12.3. The van der Waals surface area contributed by atoms with E-state index in [1.807, 2.05) is 0 Å². The van der Waals surface area contributed by atoms with Crippen molar-refractivity contribution in [1.29, 1.82) is 0 Å². The highest BCUT2D eigenvalue weighted by atomic mass is 79.9. The molecule has 3 rings (SSSR count). The fourth-order valence-electron chi connectivity index (χ4n) is 2.39. The van der Waals surface area contributed by atoms with Crippen LogP contribution in [0.25, 0.3) is 0 Å².